The molecular formula is C21H22N2O4S. The second kappa shape index (κ2) is 8.06. The minimum Gasteiger partial charge on any atom is -0.452 e. The molecule has 0 aliphatic carbocycles. The van der Waals surface area contributed by atoms with Gasteiger partial charge in [0.2, 0.25) is 5.91 Å². The van der Waals surface area contributed by atoms with Crippen molar-refractivity contribution in [3.8, 4) is 0 Å². The number of hydrogen-bond acceptors (Lipinski definition) is 5. The van der Waals surface area contributed by atoms with E-state index in [1.165, 1.54) is 16.7 Å². The Morgan fingerprint density at radius 2 is 1.79 bits per heavy atom. The van der Waals surface area contributed by atoms with E-state index in [1.54, 1.807) is 50.2 Å². The normalized spacial score (nSPS) is 14.8. The molecular weight excluding hydrogens is 376 g/mol. The zero-order chi connectivity index (χ0) is 20.3. The molecule has 28 heavy (non-hydrogen) atoms. The molecule has 6 nitrogen and oxygen atoms in total. The van der Waals surface area contributed by atoms with Gasteiger partial charge in [0.1, 0.15) is 5.54 Å². The first-order chi connectivity index (χ1) is 13.4. The fourth-order valence-electron chi connectivity index (χ4n) is 3.08. The van der Waals surface area contributed by atoms with E-state index in [0.29, 0.717) is 16.9 Å². The third kappa shape index (κ3) is 3.75. The number of anilines is 2. The number of rotatable bonds is 5. The van der Waals surface area contributed by atoms with Crippen LogP contribution in [0.25, 0.3) is 0 Å². The Kier molecular flexibility index (Phi) is 5.74. The van der Waals surface area contributed by atoms with Crippen LogP contribution in [0, 0.1) is 0 Å². The molecule has 0 saturated carbocycles. The zero-order valence-electron chi connectivity index (χ0n) is 16.0. The first-order valence-electron chi connectivity index (χ1n) is 8.98. The van der Waals surface area contributed by atoms with Crippen molar-refractivity contribution in [1.82, 2.24) is 0 Å². The lowest BCUT2D eigenvalue weighted by molar-refractivity contribution is -0.128. The molecule has 0 atom stereocenters. The van der Waals surface area contributed by atoms with Gasteiger partial charge in [-0.1, -0.05) is 31.2 Å². The van der Waals surface area contributed by atoms with Gasteiger partial charge in [-0.05, 0) is 43.9 Å². The van der Waals surface area contributed by atoms with Crippen LogP contribution in [0.5, 0.6) is 0 Å². The Balaban J connectivity index is 1.79. The van der Waals surface area contributed by atoms with E-state index in [0.717, 1.165) is 10.6 Å². The van der Waals surface area contributed by atoms with Gasteiger partial charge < -0.3 is 10.1 Å². The van der Waals surface area contributed by atoms with Crippen LogP contribution in [0.2, 0.25) is 0 Å². The predicted molar refractivity (Wildman–Crippen MR) is 110 cm³/mol. The van der Waals surface area contributed by atoms with Gasteiger partial charge in [-0.2, -0.15) is 0 Å². The molecule has 146 valence electrons. The van der Waals surface area contributed by atoms with Gasteiger partial charge in [0.15, 0.2) is 6.61 Å². The van der Waals surface area contributed by atoms with Gasteiger partial charge >= 0.3 is 5.97 Å². The van der Waals surface area contributed by atoms with E-state index in [1.807, 2.05) is 19.1 Å². The summed E-state index contributed by atoms with van der Waals surface area (Å²) >= 11 is 1.53. The Labute approximate surface area is 168 Å². The highest BCUT2D eigenvalue weighted by molar-refractivity contribution is 7.99. The van der Waals surface area contributed by atoms with Crippen molar-refractivity contribution in [2.24, 2.45) is 0 Å². The molecule has 0 unspecified atom stereocenters. The van der Waals surface area contributed by atoms with Crippen LogP contribution in [0.3, 0.4) is 0 Å². The summed E-state index contributed by atoms with van der Waals surface area (Å²) in [5.41, 5.74) is 0.456. The van der Waals surface area contributed by atoms with Crippen molar-refractivity contribution < 1.29 is 19.1 Å². The summed E-state index contributed by atoms with van der Waals surface area (Å²) in [6.45, 7) is 4.86. The summed E-state index contributed by atoms with van der Waals surface area (Å²) in [4.78, 5) is 40.1. The molecule has 2 aromatic carbocycles. The average molecular weight is 398 g/mol. The molecule has 3 rings (SSSR count). The van der Waals surface area contributed by atoms with Crippen molar-refractivity contribution in [3.05, 3.63) is 54.1 Å². The Bertz CT molecular complexity index is 926. The lowest BCUT2D eigenvalue weighted by Crippen LogP contribution is -2.59. The quantitative estimate of drug-likeness (QED) is 0.614. The highest BCUT2D eigenvalue weighted by atomic mass is 32.2. The van der Waals surface area contributed by atoms with Crippen LogP contribution in [-0.2, 0) is 14.3 Å². The molecule has 2 amide bonds. The average Bonchev–Trinajstić information content (AvgIpc) is 2.67. The largest absolute Gasteiger partial charge is 0.452 e. The smallest absolute Gasteiger partial charge is 0.339 e. The van der Waals surface area contributed by atoms with Crippen molar-refractivity contribution in [2.45, 2.75) is 31.2 Å². The van der Waals surface area contributed by atoms with E-state index in [-0.39, 0.29) is 5.91 Å². The minimum absolute atomic E-state index is 0.296. The topological polar surface area (TPSA) is 75.7 Å². The van der Waals surface area contributed by atoms with Crippen LogP contribution in [0.1, 0.15) is 31.1 Å². The number of amides is 2. The molecule has 7 heteroatoms. The van der Waals surface area contributed by atoms with E-state index in [2.05, 4.69) is 5.32 Å². The van der Waals surface area contributed by atoms with E-state index in [9.17, 15) is 14.4 Å². The number of hydrogen-bond donors (Lipinski definition) is 1. The predicted octanol–water partition coefficient (Wildman–Crippen LogP) is 3.72. The van der Waals surface area contributed by atoms with Gasteiger partial charge in [0.25, 0.3) is 5.91 Å². The number of thioether (sulfide) groups is 1. The lowest BCUT2D eigenvalue weighted by atomic mass is 9.96. The molecule has 0 spiro atoms. The SMILES string of the molecule is CCSc1ccccc1C(=O)OCC(=O)N1c2ccccc2NC(=O)C1(C)C. The van der Waals surface area contributed by atoms with Crippen LogP contribution >= 0.6 is 11.8 Å². The summed E-state index contributed by atoms with van der Waals surface area (Å²) in [5, 5.41) is 2.80. The fraction of sp³-hybridized carbons (Fsp3) is 0.286. The van der Waals surface area contributed by atoms with Gasteiger partial charge in [-0.15, -0.1) is 11.8 Å². The maximum Gasteiger partial charge on any atom is 0.339 e. The van der Waals surface area contributed by atoms with E-state index in [4.69, 9.17) is 4.74 Å². The third-order valence-corrected chi connectivity index (χ3v) is 5.45. The maximum absolute atomic E-state index is 12.9. The van der Waals surface area contributed by atoms with Crippen LogP contribution in [-0.4, -0.2) is 35.7 Å². The third-order valence-electron chi connectivity index (χ3n) is 4.49. The number of para-hydroxylation sites is 2. The van der Waals surface area contributed by atoms with Crippen LogP contribution in [0.4, 0.5) is 11.4 Å². The number of carbonyl (C=O) groups excluding carboxylic acids is 3. The van der Waals surface area contributed by atoms with Crippen molar-refractivity contribution >= 4 is 40.9 Å². The Morgan fingerprint density at radius 1 is 1.11 bits per heavy atom. The minimum atomic E-state index is -1.10. The zero-order valence-corrected chi connectivity index (χ0v) is 16.8. The molecule has 0 radical (unpaired) electrons. The fourth-order valence-corrected chi connectivity index (χ4v) is 3.88. The van der Waals surface area contributed by atoms with Gasteiger partial charge in [-0.3, -0.25) is 14.5 Å². The van der Waals surface area contributed by atoms with Crippen molar-refractivity contribution in [3.63, 3.8) is 0 Å². The molecule has 1 heterocycles. The molecule has 1 aliphatic heterocycles. The number of benzene rings is 2. The highest BCUT2D eigenvalue weighted by Crippen LogP contribution is 2.36. The number of esters is 1. The molecule has 0 aromatic heterocycles. The number of carbonyl (C=O) groups is 3. The summed E-state index contributed by atoms with van der Waals surface area (Å²) in [6.07, 6.45) is 0. The van der Waals surface area contributed by atoms with Gasteiger partial charge in [-0.25, -0.2) is 4.79 Å². The summed E-state index contributed by atoms with van der Waals surface area (Å²) in [7, 11) is 0. The summed E-state index contributed by atoms with van der Waals surface area (Å²) < 4.78 is 5.30. The van der Waals surface area contributed by atoms with E-state index >= 15 is 0 Å². The second-order valence-corrected chi connectivity index (χ2v) is 8.07. The molecule has 1 N–H and O–H groups in total. The second-order valence-electron chi connectivity index (χ2n) is 6.76. The lowest BCUT2D eigenvalue weighted by Gasteiger charge is -2.41. The maximum atomic E-state index is 12.9. The van der Waals surface area contributed by atoms with Crippen molar-refractivity contribution in [2.75, 3.05) is 22.6 Å². The van der Waals surface area contributed by atoms with Crippen LogP contribution < -0.4 is 10.2 Å². The number of nitrogens with one attached hydrogen (secondary N) is 1. The highest BCUT2D eigenvalue weighted by Gasteiger charge is 2.43. The van der Waals surface area contributed by atoms with Gasteiger partial charge in [0.05, 0.1) is 16.9 Å². The molecule has 0 fully saturated rings. The monoisotopic (exact) mass is 398 g/mol. The molecule has 0 bridgehead atoms. The molecule has 1 aliphatic rings. The first-order valence-corrected chi connectivity index (χ1v) is 9.97. The molecule has 2 aromatic rings. The number of nitrogens with zero attached hydrogens (tertiary/aromatic N) is 1. The van der Waals surface area contributed by atoms with Crippen molar-refractivity contribution in [1.29, 1.82) is 0 Å². The van der Waals surface area contributed by atoms with Crippen LogP contribution in [0.15, 0.2) is 53.4 Å². The Morgan fingerprint density at radius 3 is 2.54 bits per heavy atom. The number of ether oxygens (including phenoxy) is 1. The summed E-state index contributed by atoms with van der Waals surface area (Å²) in [6, 6.07) is 14.2. The number of fused-ring (bicyclic) bond motifs is 1. The molecule has 0 saturated heterocycles. The Hall–Kier alpha value is -2.80. The first kappa shape index (κ1) is 19.9. The standard InChI is InChI=1S/C21H22N2O4S/c1-4-28-17-12-8-5-9-14(17)19(25)27-13-18(24)23-16-11-7-6-10-15(16)22-20(26)21(23,2)3/h5-12H,4,13H2,1-3H3,(H,22,26). The summed E-state index contributed by atoms with van der Waals surface area (Å²) in [5.74, 6) is -0.494. The van der Waals surface area contributed by atoms with E-state index < -0.39 is 24.0 Å². The van der Waals surface area contributed by atoms with Gasteiger partial charge in [0, 0.05) is 4.90 Å².